The number of hydrogen-bond acceptors (Lipinski definition) is 3. The monoisotopic (exact) mass is 327 g/mol. The topological polar surface area (TPSA) is 43.9 Å². The molecule has 1 aliphatic carbocycles. The number of furan rings is 1. The van der Waals surface area contributed by atoms with Crippen molar-refractivity contribution in [1.82, 2.24) is 14.8 Å². The van der Waals surface area contributed by atoms with Gasteiger partial charge in [0, 0.05) is 10.0 Å². The molecule has 0 radical (unpaired) electrons. The minimum Gasteiger partial charge on any atom is -0.472 e. The third-order valence-corrected chi connectivity index (χ3v) is 3.69. The molecule has 0 unspecified atom stereocenters. The molecule has 98 valence electrons. The molecule has 0 amide bonds. The van der Waals surface area contributed by atoms with E-state index in [0.717, 1.165) is 27.2 Å². The summed E-state index contributed by atoms with van der Waals surface area (Å²) in [5.74, 6) is 1.55. The van der Waals surface area contributed by atoms with Crippen LogP contribution < -0.4 is 0 Å². The third kappa shape index (κ3) is 2.00. The van der Waals surface area contributed by atoms with Gasteiger partial charge >= 0.3 is 0 Å². The third-order valence-electron chi connectivity index (χ3n) is 3.16. The van der Waals surface area contributed by atoms with Crippen molar-refractivity contribution in [2.24, 2.45) is 0 Å². The molecule has 2 heterocycles. The lowest BCUT2D eigenvalue weighted by atomic mass is 10.2. The first-order chi connectivity index (χ1) is 9.81. The van der Waals surface area contributed by atoms with Gasteiger partial charge in [-0.25, -0.2) is 9.67 Å². The second-order valence-corrected chi connectivity index (χ2v) is 5.51. The maximum absolute atomic E-state index is 5.15. The highest BCUT2D eigenvalue weighted by Gasteiger charge is 2.22. The number of hydrogen-bond donors (Lipinski definition) is 0. The van der Waals surface area contributed by atoms with Crippen LogP contribution in [0.1, 0.15) is 6.04 Å². The van der Waals surface area contributed by atoms with Crippen molar-refractivity contribution >= 4 is 15.9 Å². The molecule has 1 aliphatic rings. The molecule has 2 aromatic heterocycles. The highest BCUT2D eigenvalue weighted by Crippen LogP contribution is 2.31. The molecule has 0 fully saturated rings. The van der Waals surface area contributed by atoms with Crippen LogP contribution in [0, 0.1) is 0 Å². The summed E-state index contributed by atoms with van der Waals surface area (Å²) in [6.45, 7) is 0. The van der Waals surface area contributed by atoms with Crippen molar-refractivity contribution < 1.29 is 4.42 Å². The van der Waals surface area contributed by atoms with E-state index in [1.807, 2.05) is 35.0 Å². The summed E-state index contributed by atoms with van der Waals surface area (Å²) < 4.78 is 8.11. The van der Waals surface area contributed by atoms with E-state index in [2.05, 4.69) is 38.2 Å². The zero-order valence-electron chi connectivity index (χ0n) is 10.4. The Labute approximate surface area is 123 Å². The van der Waals surface area contributed by atoms with Crippen LogP contribution in [0.25, 0.3) is 22.8 Å². The SMILES string of the molecule is Brc1ccc(-c2nc(-c3ccoc3)n(C3C=C3)n2)cc1. The summed E-state index contributed by atoms with van der Waals surface area (Å²) in [6, 6.07) is 10.1. The molecule has 4 rings (SSSR count). The van der Waals surface area contributed by atoms with E-state index in [1.165, 1.54) is 0 Å². The maximum Gasteiger partial charge on any atom is 0.181 e. The summed E-state index contributed by atoms with van der Waals surface area (Å²) in [5, 5.41) is 4.61. The van der Waals surface area contributed by atoms with Crippen LogP contribution in [0.2, 0.25) is 0 Å². The highest BCUT2D eigenvalue weighted by atomic mass is 79.9. The molecule has 3 aromatic rings. The van der Waals surface area contributed by atoms with Crippen molar-refractivity contribution in [2.45, 2.75) is 6.04 Å². The summed E-state index contributed by atoms with van der Waals surface area (Å²) in [6.07, 6.45) is 7.51. The van der Waals surface area contributed by atoms with Crippen LogP contribution in [-0.2, 0) is 0 Å². The molecule has 5 heteroatoms. The zero-order valence-corrected chi connectivity index (χ0v) is 12.0. The molecule has 0 spiro atoms. The van der Waals surface area contributed by atoms with Gasteiger partial charge in [0.15, 0.2) is 11.6 Å². The normalized spacial score (nSPS) is 13.8. The Morgan fingerprint density at radius 3 is 2.50 bits per heavy atom. The Morgan fingerprint density at radius 2 is 1.85 bits per heavy atom. The van der Waals surface area contributed by atoms with Crippen molar-refractivity contribution in [2.75, 3.05) is 0 Å². The first kappa shape index (κ1) is 11.7. The average Bonchev–Trinajstić information content (AvgIpc) is 3.01. The highest BCUT2D eigenvalue weighted by molar-refractivity contribution is 9.10. The van der Waals surface area contributed by atoms with Gasteiger partial charge in [-0.3, -0.25) is 0 Å². The summed E-state index contributed by atoms with van der Waals surface area (Å²) in [4.78, 5) is 4.65. The molecular formula is C15H10BrN3O. The van der Waals surface area contributed by atoms with Crippen LogP contribution in [-0.4, -0.2) is 14.8 Å². The van der Waals surface area contributed by atoms with E-state index in [9.17, 15) is 0 Å². The smallest absolute Gasteiger partial charge is 0.181 e. The quantitative estimate of drug-likeness (QED) is 0.681. The van der Waals surface area contributed by atoms with Gasteiger partial charge < -0.3 is 4.42 Å². The number of halogens is 1. The minimum atomic E-state index is 0.233. The van der Waals surface area contributed by atoms with Gasteiger partial charge in [0.1, 0.15) is 6.26 Å². The van der Waals surface area contributed by atoms with Crippen LogP contribution in [0.5, 0.6) is 0 Å². The van der Waals surface area contributed by atoms with Gasteiger partial charge in [-0.2, -0.15) is 0 Å². The predicted molar refractivity (Wildman–Crippen MR) is 79.0 cm³/mol. The van der Waals surface area contributed by atoms with E-state index in [4.69, 9.17) is 4.42 Å². The van der Waals surface area contributed by atoms with Crippen LogP contribution in [0.4, 0.5) is 0 Å². The second kappa shape index (κ2) is 4.45. The molecule has 20 heavy (non-hydrogen) atoms. The Balaban J connectivity index is 1.82. The molecular weight excluding hydrogens is 318 g/mol. The summed E-state index contributed by atoms with van der Waals surface area (Å²) >= 11 is 3.43. The summed E-state index contributed by atoms with van der Waals surface area (Å²) in [5.41, 5.74) is 1.94. The number of allylic oxidation sites excluding steroid dienone is 2. The molecule has 1 aromatic carbocycles. The number of benzene rings is 1. The fourth-order valence-corrected chi connectivity index (χ4v) is 2.32. The number of aromatic nitrogens is 3. The van der Waals surface area contributed by atoms with Gasteiger partial charge in [-0.1, -0.05) is 40.2 Å². The van der Waals surface area contributed by atoms with Crippen molar-refractivity contribution in [3.8, 4) is 22.8 Å². The molecule has 0 saturated carbocycles. The van der Waals surface area contributed by atoms with Crippen LogP contribution >= 0.6 is 15.9 Å². The summed E-state index contributed by atoms with van der Waals surface area (Å²) in [7, 11) is 0. The predicted octanol–water partition coefficient (Wildman–Crippen LogP) is 4.08. The van der Waals surface area contributed by atoms with Gasteiger partial charge in [-0.05, 0) is 18.2 Å². The van der Waals surface area contributed by atoms with Crippen molar-refractivity contribution in [3.63, 3.8) is 0 Å². The standard InChI is InChI=1S/C15H10BrN3O/c16-12-3-1-10(2-4-12)14-17-15(11-7-8-20-9-11)19(18-14)13-5-6-13/h1-9,13H. The van der Waals surface area contributed by atoms with Crippen molar-refractivity contribution in [1.29, 1.82) is 0 Å². The number of nitrogens with zero attached hydrogens (tertiary/aromatic N) is 3. The second-order valence-electron chi connectivity index (χ2n) is 4.60. The minimum absolute atomic E-state index is 0.233. The molecule has 0 N–H and O–H groups in total. The lowest BCUT2D eigenvalue weighted by Crippen LogP contribution is -2.00. The van der Waals surface area contributed by atoms with Crippen molar-refractivity contribution in [3.05, 3.63) is 59.5 Å². The molecule has 0 bridgehead atoms. The molecule has 4 nitrogen and oxygen atoms in total. The fourth-order valence-electron chi connectivity index (χ4n) is 2.05. The largest absolute Gasteiger partial charge is 0.472 e. The van der Waals surface area contributed by atoms with E-state index in [0.29, 0.717) is 0 Å². The first-order valence-electron chi connectivity index (χ1n) is 6.25. The Hall–Kier alpha value is -2.14. The number of rotatable bonds is 3. The van der Waals surface area contributed by atoms with E-state index < -0.39 is 0 Å². The van der Waals surface area contributed by atoms with Gasteiger partial charge in [0.05, 0.1) is 17.9 Å². The zero-order chi connectivity index (χ0) is 13.5. The Morgan fingerprint density at radius 1 is 1.05 bits per heavy atom. The maximum atomic E-state index is 5.15. The Bertz CT molecular complexity index is 766. The Kier molecular flexibility index (Phi) is 2.60. The molecule has 0 atom stereocenters. The lowest BCUT2D eigenvalue weighted by Gasteiger charge is -2.00. The fraction of sp³-hybridized carbons (Fsp3) is 0.0667. The van der Waals surface area contributed by atoms with E-state index >= 15 is 0 Å². The van der Waals surface area contributed by atoms with Gasteiger partial charge in [0.25, 0.3) is 0 Å². The van der Waals surface area contributed by atoms with Crippen LogP contribution in [0.3, 0.4) is 0 Å². The van der Waals surface area contributed by atoms with Crippen LogP contribution in [0.15, 0.2) is 63.9 Å². The lowest BCUT2D eigenvalue weighted by molar-refractivity contribution is 0.567. The average molecular weight is 328 g/mol. The van der Waals surface area contributed by atoms with Gasteiger partial charge in [0.2, 0.25) is 0 Å². The first-order valence-corrected chi connectivity index (χ1v) is 7.04. The van der Waals surface area contributed by atoms with E-state index in [-0.39, 0.29) is 6.04 Å². The van der Waals surface area contributed by atoms with E-state index in [1.54, 1.807) is 12.5 Å². The molecule has 0 aliphatic heterocycles. The molecule has 0 saturated heterocycles. The van der Waals surface area contributed by atoms with Gasteiger partial charge in [-0.15, -0.1) is 5.10 Å².